The monoisotopic (exact) mass is 505 g/mol. The molecule has 1 heterocycles. The van der Waals surface area contributed by atoms with E-state index in [2.05, 4.69) is 48.4 Å². The third kappa shape index (κ3) is 6.83. The van der Waals surface area contributed by atoms with Crippen molar-refractivity contribution in [2.75, 3.05) is 40.4 Å². The van der Waals surface area contributed by atoms with Crippen molar-refractivity contribution >= 4 is 5.91 Å². The van der Waals surface area contributed by atoms with Crippen LogP contribution >= 0.6 is 0 Å². The van der Waals surface area contributed by atoms with Crippen molar-refractivity contribution in [2.45, 2.75) is 70.9 Å². The Morgan fingerprint density at radius 3 is 2.61 bits per heavy atom. The number of likely N-dealkylation sites (N-methyl/N-ethyl adjacent to an activating group) is 1. The highest BCUT2D eigenvalue weighted by Crippen LogP contribution is 2.40. The normalized spacial score (nSPS) is 30.6. The zero-order chi connectivity index (χ0) is 26.5. The number of nitrogens with zero attached hydrogens (tertiary/aromatic N) is 2. The summed E-state index contributed by atoms with van der Waals surface area (Å²) in [6.45, 7) is 8.81. The Morgan fingerprint density at radius 1 is 1.25 bits per heavy atom. The summed E-state index contributed by atoms with van der Waals surface area (Å²) in [6, 6.07) is 8.08. The van der Waals surface area contributed by atoms with Crippen molar-refractivity contribution in [1.29, 1.82) is 0 Å². The fourth-order valence-corrected chi connectivity index (χ4v) is 5.64. The first-order valence-electron chi connectivity index (χ1n) is 13.2. The number of aliphatic hydroxyl groups excluding tert-OH is 2. The predicted molar refractivity (Wildman–Crippen MR) is 140 cm³/mol. The molecule has 0 spiro atoms. The molecule has 2 fully saturated rings. The van der Waals surface area contributed by atoms with Crippen molar-refractivity contribution < 1.29 is 19.8 Å². The number of rotatable bonds is 11. The topological polar surface area (TPSA) is 123 Å². The summed E-state index contributed by atoms with van der Waals surface area (Å²) in [6.07, 6.45) is 2.17. The number of hydroxylamine groups is 2. The number of carbonyl (C=O) groups is 1. The summed E-state index contributed by atoms with van der Waals surface area (Å²) in [5.41, 5.74) is 7.51. The third-order valence-electron chi connectivity index (χ3n) is 7.82. The molecule has 2 aliphatic rings. The van der Waals surface area contributed by atoms with Gasteiger partial charge < -0.3 is 31.5 Å². The van der Waals surface area contributed by atoms with Crippen LogP contribution in [0.5, 0.6) is 0 Å². The molecule has 1 aromatic rings. The van der Waals surface area contributed by atoms with E-state index in [1.807, 2.05) is 26.2 Å². The van der Waals surface area contributed by atoms with E-state index < -0.39 is 17.7 Å². The minimum absolute atomic E-state index is 0.0110. The van der Waals surface area contributed by atoms with E-state index in [4.69, 9.17) is 10.6 Å². The Hall–Kier alpha value is -1.59. The van der Waals surface area contributed by atoms with E-state index in [0.29, 0.717) is 5.92 Å². The van der Waals surface area contributed by atoms with Gasteiger partial charge in [-0.1, -0.05) is 45.0 Å². The van der Waals surface area contributed by atoms with Crippen LogP contribution in [0.25, 0.3) is 0 Å². The van der Waals surface area contributed by atoms with E-state index in [9.17, 15) is 15.0 Å². The molecule has 1 saturated heterocycles. The Kier molecular flexibility index (Phi) is 9.90. The molecule has 9 nitrogen and oxygen atoms in total. The summed E-state index contributed by atoms with van der Waals surface area (Å²) in [7, 11) is 4.09. The van der Waals surface area contributed by atoms with E-state index >= 15 is 0 Å². The van der Waals surface area contributed by atoms with Crippen LogP contribution in [0, 0.1) is 17.3 Å². The van der Waals surface area contributed by atoms with Gasteiger partial charge in [0.15, 0.2) is 5.66 Å². The van der Waals surface area contributed by atoms with Crippen LogP contribution in [0.4, 0.5) is 0 Å². The van der Waals surface area contributed by atoms with Gasteiger partial charge in [0, 0.05) is 25.7 Å². The number of amides is 1. The van der Waals surface area contributed by atoms with Gasteiger partial charge >= 0.3 is 0 Å². The maximum absolute atomic E-state index is 13.7. The molecule has 0 bridgehead atoms. The van der Waals surface area contributed by atoms with Crippen LogP contribution in [-0.4, -0.2) is 84.3 Å². The quantitative estimate of drug-likeness (QED) is 0.283. The van der Waals surface area contributed by atoms with Gasteiger partial charge in [-0.2, -0.15) is 5.06 Å². The summed E-state index contributed by atoms with van der Waals surface area (Å²) in [5, 5.41) is 28.2. The van der Waals surface area contributed by atoms with Crippen LogP contribution in [0.2, 0.25) is 0 Å². The molecular weight excluding hydrogens is 458 g/mol. The van der Waals surface area contributed by atoms with E-state index in [-0.39, 0.29) is 37.1 Å². The van der Waals surface area contributed by atoms with Gasteiger partial charge in [-0.05, 0) is 55.8 Å². The molecule has 1 amide bonds. The SMILES string of the molecule is CC1CC(C)(C)CC[C@@H]1NC(=O)[C@]1(N)[C@H](CO)C(CO)ON1Cc1cccc(CNCCN(C)C)c1. The van der Waals surface area contributed by atoms with Crippen molar-refractivity contribution in [1.82, 2.24) is 20.6 Å². The summed E-state index contributed by atoms with van der Waals surface area (Å²) < 4.78 is 0. The standard InChI is InChI=1S/C27H47N5O4/c1-19-14-26(2,3)10-9-23(19)30-25(35)27(28)22(17-33)24(18-34)36-32(27)16-21-8-6-7-20(13-21)15-29-11-12-31(4)5/h6-8,13,19,22-24,29,33-34H,9-12,14-18,28H2,1-5H3,(H,30,35)/t19?,22-,23+,24?,27+/m1/s1. The summed E-state index contributed by atoms with van der Waals surface area (Å²) in [5.74, 6) is -0.806. The second-order valence-corrected chi connectivity index (χ2v) is 11.7. The molecule has 0 radical (unpaired) electrons. The molecule has 2 unspecified atom stereocenters. The van der Waals surface area contributed by atoms with Crippen molar-refractivity contribution in [3.63, 3.8) is 0 Å². The molecule has 36 heavy (non-hydrogen) atoms. The zero-order valence-electron chi connectivity index (χ0n) is 22.7. The molecule has 0 aromatic heterocycles. The van der Waals surface area contributed by atoms with Crippen LogP contribution in [0.1, 0.15) is 51.2 Å². The minimum Gasteiger partial charge on any atom is -0.396 e. The molecule has 1 saturated carbocycles. The number of hydrogen-bond donors (Lipinski definition) is 5. The van der Waals surface area contributed by atoms with Crippen LogP contribution < -0.4 is 16.4 Å². The van der Waals surface area contributed by atoms with Crippen molar-refractivity contribution in [2.24, 2.45) is 23.0 Å². The van der Waals surface area contributed by atoms with E-state index in [1.165, 1.54) is 5.06 Å². The maximum Gasteiger partial charge on any atom is 0.258 e. The number of nitrogens with one attached hydrogen (secondary N) is 2. The second-order valence-electron chi connectivity index (χ2n) is 11.7. The van der Waals surface area contributed by atoms with E-state index in [1.54, 1.807) is 0 Å². The number of nitrogens with two attached hydrogens (primary N) is 1. The van der Waals surface area contributed by atoms with Gasteiger partial charge in [-0.3, -0.25) is 9.63 Å². The molecule has 1 aliphatic heterocycles. The average molecular weight is 506 g/mol. The highest BCUT2D eigenvalue weighted by atomic mass is 16.7. The second kappa shape index (κ2) is 12.3. The average Bonchev–Trinajstić information content (AvgIpc) is 3.10. The fraction of sp³-hybridized carbons (Fsp3) is 0.741. The molecule has 1 aromatic carbocycles. The van der Waals surface area contributed by atoms with Crippen LogP contribution in [-0.2, 0) is 22.7 Å². The Bertz CT molecular complexity index is 866. The Balaban J connectivity index is 1.75. The Labute approximate surface area is 216 Å². The molecule has 1 aliphatic carbocycles. The number of carbonyl (C=O) groups excluding carboxylic acids is 1. The van der Waals surface area contributed by atoms with Crippen LogP contribution in [0.3, 0.4) is 0 Å². The van der Waals surface area contributed by atoms with E-state index in [0.717, 1.165) is 50.0 Å². The van der Waals surface area contributed by atoms with Gasteiger partial charge in [0.05, 0.1) is 25.7 Å². The number of benzene rings is 1. The van der Waals surface area contributed by atoms with Gasteiger partial charge in [0.25, 0.3) is 5.91 Å². The zero-order valence-corrected chi connectivity index (χ0v) is 22.7. The lowest BCUT2D eigenvalue weighted by Crippen LogP contribution is -2.67. The number of hydrogen-bond acceptors (Lipinski definition) is 8. The molecule has 6 N–H and O–H groups in total. The van der Waals surface area contributed by atoms with Gasteiger partial charge in [0.1, 0.15) is 6.10 Å². The van der Waals surface area contributed by atoms with Gasteiger partial charge in [-0.15, -0.1) is 0 Å². The third-order valence-corrected chi connectivity index (χ3v) is 7.82. The van der Waals surface area contributed by atoms with Gasteiger partial charge in [-0.25, -0.2) is 0 Å². The first-order valence-corrected chi connectivity index (χ1v) is 13.2. The maximum atomic E-state index is 13.7. The van der Waals surface area contributed by atoms with Crippen LogP contribution in [0.15, 0.2) is 24.3 Å². The Morgan fingerprint density at radius 2 is 1.97 bits per heavy atom. The summed E-state index contributed by atoms with van der Waals surface area (Å²) >= 11 is 0. The largest absolute Gasteiger partial charge is 0.396 e. The minimum atomic E-state index is -1.60. The molecular formula is C27H47N5O4. The lowest BCUT2D eigenvalue weighted by Gasteiger charge is -2.42. The first-order chi connectivity index (χ1) is 17.0. The smallest absolute Gasteiger partial charge is 0.258 e. The lowest BCUT2D eigenvalue weighted by molar-refractivity contribution is -0.202. The van der Waals surface area contributed by atoms with Crippen molar-refractivity contribution in [3.8, 4) is 0 Å². The fourth-order valence-electron chi connectivity index (χ4n) is 5.64. The van der Waals surface area contributed by atoms with Gasteiger partial charge in [0.2, 0.25) is 0 Å². The molecule has 3 rings (SSSR count). The van der Waals surface area contributed by atoms with Crippen molar-refractivity contribution in [3.05, 3.63) is 35.4 Å². The molecule has 204 valence electrons. The molecule has 5 atom stereocenters. The lowest BCUT2D eigenvalue weighted by atomic mass is 9.70. The first kappa shape index (κ1) is 29.0. The highest BCUT2D eigenvalue weighted by molar-refractivity contribution is 5.86. The number of aliphatic hydroxyl groups is 2. The molecule has 9 heteroatoms. The highest BCUT2D eigenvalue weighted by Gasteiger charge is 2.58. The summed E-state index contributed by atoms with van der Waals surface area (Å²) in [4.78, 5) is 21.8. The predicted octanol–water partition coefficient (Wildman–Crippen LogP) is 1.04.